The Kier molecular flexibility index (Phi) is 11.7. The summed E-state index contributed by atoms with van der Waals surface area (Å²) in [5.41, 5.74) is 0.514. The number of esters is 1. The van der Waals surface area contributed by atoms with E-state index in [9.17, 15) is 14.7 Å². The number of aliphatic hydroxyl groups excluding tert-OH is 1. The molecule has 3 aliphatic rings. The summed E-state index contributed by atoms with van der Waals surface area (Å²) in [7, 11) is 3.24. The number of hydrogen-bond donors (Lipinski definition) is 1. The number of carbonyl (C=O) groups is 4. The van der Waals surface area contributed by atoms with Crippen molar-refractivity contribution in [2.45, 2.75) is 68.5 Å². The summed E-state index contributed by atoms with van der Waals surface area (Å²) in [6.07, 6.45) is 3.29. The minimum Gasteiger partial charge on any atom is -0.497 e. The van der Waals surface area contributed by atoms with Crippen LogP contribution in [0.1, 0.15) is 55.9 Å². The monoisotopic (exact) mass is 735 g/mol. The van der Waals surface area contributed by atoms with Gasteiger partial charge in [0.1, 0.15) is 23.5 Å². The summed E-state index contributed by atoms with van der Waals surface area (Å²) in [5, 5.41) is 10.9. The molecule has 3 saturated heterocycles. The van der Waals surface area contributed by atoms with Crippen LogP contribution in [0, 0.1) is 11.8 Å². The first-order chi connectivity index (χ1) is 26.1. The molecule has 0 radical (unpaired) electrons. The fourth-order valence-electron chi connectivity index (χ4n) is 8.49. The Balaban J connectivity index is 1.40. The van der Waals surface area contributed by atoms with Gasteiger partial charge in [0.2, 0.25) is 11.8 Å². The van der Waals surface area contributed by atoms with Crippen LogP contribution >= 0.6 is 0 Å². The summed E-state index contributed by atoms with van der Waals surface area (Å²) in [4.78, 5) is 62.4. The van der Waals surface area contributed by atoms with Gasteiger partial charge in [0, 0.05) is 25.7 Å². The maximum absolute atomic E-state index is 15.1. The zero-order chi connectivity index (χ0) is 38.6. The number of likely N-dealkylation sites (N-methyl/N-ethyl adjacent to an activating group) is 1. The van der Waals surface area contributed by atoms with E-state index in [0.717, 1.165) is 0 Å². The van der Waals surface area contributed by atoms with Gasteiger partial charge in [-0.1, -0.05) is 72.8 Å². The second-order valence-corrected chi connectivity index (χ2v) is 14.2. The van der Waals surface area contributed by atoms with E-state index in [4.69, 9.17) is 14.2 Å². The number of amides is 3. The van der Waals surface area contributed by atoms with E-state index < -0.39 is 72.2 Å². The lowest BCUT2D eigenvalue weighted by atomic mass is 9.70. The van der Waals surface area contributed by atoms with Crippen molar-refractivity contribution in [1.29, 1.82) is 0 Å². The van der Waals surface area contributed by atoms with E-state index in [1.807, 2.05) is 55.5 Å². The van der Waals surface area contributed by atoms with Crippen molar-refractivity contribution in [1.82, 2.24) is 9.80 Å². The molecular formula is C43H49N3O8. The normalized spacial score (nSPS) is 24.2. The number of benzene rings is 3. The van der Waals surface area contributed by atoms with Gasteiger partial charge in [-0.3, -0.25) is 19.2 Å². The Morgan fingerprint density at radius 1 is 1.00 bits per heavy atom. The van der Waals surface area contributed by atoms with Gasteiger partial charge in [-0.15, -0.1) is 13.2 Å². The second kappa shape index (κ2) is 16.4. The molecule has 0 aromatic heterocycles. The molecule has 2 bridgehead atoms. The molecule has 3 aromatic carbocycles. The molecule has 6 rings (SSSR count). The van der Waals surface area contributed by atoms with Gasteiger partial charge in [-0.05, 0) is 61.6 Å². The van der Waals surface area contributed by atoms with Crippen LogP contribution in [-0.4, -0.2) is 89.7 Å². The molecule has 0 aliphatic carbocycles. The Labute approximate surface area is 316 Å². The molecule has 11 nitrogen and oxygen atoms in total. The number of allylic oxidation sites excluding steroid dienone is 1. The van der Waals surface area contributed by atoms with Crippen LogP contribution in [-0.2, 0) is 28.7 Å². The summed E-state index contributed by atoms with van der Waals surface area (Å²) < 4.78 is 18.5. The van der Waals surface area contributed by atoms with Crippen LogP contribution in [0.4, 0.5) is 5.69 Å². The summed E-state index contributed by atoms with van der Waals surface area (Å²) in [6, 6.07) is 22.6. The van der Waals surface area contributed by atoms with Gasteiger partial charge in [-0.2, -0.15) is 0 Å². The number of methoxy groups -OCH3 is 1. The van der Waals surface area contributed by atoms with Crippen LogP contribution in [0.3, 0.4) is 0 Å². The third-order valence-corrected chi connectivity index (χ3v) is 11.3. The minimum absolute atomic E-state index is 0.124. The SMILES string of the molecule is C=CCCC(=O)N(C)[C@H](C)[C@H](OC(=O)[C@@H]1[C@@H]2CC[C@]3(O2)[C@H](C(=O)N(CC=C)c2ccc(OC)cc2)N([C@H](CO)c2ccccc2)C(=O)[C@@H]13)c1ccccc1. The van der Waals surface area contributed by atoms with Gasteiger partial charge < -0.3 is 34.0 Å². The maximum atomic E-state index is 15.1. The van der Waals surface area contributed by atoms with Crippen molar-refractivity contribution in [2.75, 3.05) is 32.2 Å². The van der Waals surface area contributed by atoms with Crippen molar-refractivity contribution >= 4 is 29.4 Å². The Morgan fingerprint density at radius 3 is 2.24 bits per heavy atom. The molecule has 3 amide bonds. The van der Waals surface area contributed by atoms with Gasteiger partial charge >= 0.3 is 5.97 Å². The molecule has 0 saturated carbocycles. The third kappa shape index (κ3) is 6.94. The third-order valence-electron chi connectivity index (χ3n) is 11.3. The summed E-state index contributed by atoms with van der Waals surface area (Å²) >= 11 is 0. The van der Waals surface area contributed by atoms with Crippen LogP contribution in [0.2, 0.25) is 0 Å². The van der Waals surface area contributed by atoms with E-state index in [1.165, 1.54) is 4.90 Å². The number of nitrogens with zero attached hydrogens (tertiary/aromatic N) is 3. The largest absolute Gasteiger partial charge is 0.497 e. The molecule has 11 heteroatoms. The highest BCUT2D eigenvalue weighted by atomic mass is 16.6. The maximum Gasteiger partial charge on any atom is 0.313 e. The van der Waals surface area contributed by atoms with Crippen LogP contribution < -0.4 is 9.64 Å². The van der Waals surface area contributed by atoms with Crippen LogP contribution in [0.25, 0.3) is 0 Å². The van der Waals surface area contributed by atoms with Gasteiger partial charge in [0.15, 0.2) is 0 Å². The summed E-state index contributed by atoms with van der Waals surface area (Å²) in [5.74, 6) is -3.13. The molecule has 284 valence electrons. The van der Waals surface area contributed by atoms with E-state index in [2.05, 4.69) is 13.2 Å². The second-order valence-electron chi connectivity index (χ2n) is 14.2. The quantitative estimate of drug-likeness (QED) is 0.153. The lowest BCUT2D eigenvalue weighted by Gasteiger charge is -2.39. The highest BCUT2D eigenvalue weighted by molar-refractivity contribution is 6.05. The fraction of sp³-hybridized carbons (Fsp3) is 0.395. The first kappa shape index (κ1) is 38.5. The highest BCUT2D eigenvalue weighted by Gasteiger charge is 2.76. The molecule has 3 heterocycles. The molecule has 1 N–H and O–H groups in total. The average Bonchev–Trinajstić information content (AvgIpc) is 3.85. The average molecular weight is 736 g/mol. The van der Waals surface area contributed by atoms with E-state index in [-0.39, 0.29) is 18.9 Å². The number of aliphatic hydroxyl groups is 1. The molecule has 54 heavy (non-hydrogen) atoms. The first-order valence-corrected chi connectivity index (χ1v) is 18.5. The number of hydrogen-bond acceptors (Lipinski definition) is 8. The molecular weight excluding hydrogens is 686 g/mol. The molecule has 8 atom stereocenters. The standard InChI is InChI=1S/C43H49N3O8/c1-6-8-19-35(48)44(4)28(3)38(30-17-13-10-14-18-30)53-42(51)36-34-24-25-43(54-34)37(36)40(49)46(33(27-47)29-15-11-9-12-16-29)39(43)41(50)45(26-7-2)31-20-22-32(52-5)23-21-31/h6-7,9-18,20-23,28,33-34,36-39,47H,1-2,8,19,24-27H2,3-5H3/t28-,33-,34+,36-,37-,38+,39+,43-/m1/s1. The number of carbonyl (C=O) groups excluding carboxylic acids is 4. The number of likely N-dealkylation sites (tertiary alicyclic amines) is 1. The molecule has 0 unspecified atom stereocenters. The van der Waals surface area contributed by atoms with E-state index in [1.54, 1.807) is 72.5 Å². The van der Waals surface area contributed by atoms with Crippen LogP contribution in [0.5, 0.6) is 5.75 Å². The van der Waals surface area contributed by atoms with Crippen molar-refractivity contribution < 1.29 is 38.5 Å². The lowest BCUT2D eigenvalue weighted by molar-refractivity contribution is -0.165. The Morgan fingerprint density at radius 2 is 1.65 bits per heavy atom. The number of ether oxygens (including phenoxy) is 3. The van der Waals surface area contributed by atoms with Crippen molar-refractivity contribution in [3.05, 3.63) is 121 Å². The zero-order valence-electron chi connectivity index (χ0n) is 31.1. The summed E-state index contributed by atoms with van der Waals surface area (Å²) in [6.45, 7) is 9.10. The van der Waals surface area contributed by atoms with Crippen molar-refractivity contribution in [3.8, 4) is 5.75 Å². The molecule has 1 spiro atoms. The minimum atomic E-state index is -1.37. The topological polar surface area (TPSA) is 126 Å². The molecule has 3 aromatic rings. The predicted octanol–water partition coefficient (Wildman–Crippen LogP) is 5.42. The van der Waals surface area contributed by atoms with Crippen molar-refractivity contribution in [3.63, 3.8) is 0 Å². The van der Waals surface area contributed by atoms with Gasteiger partial charge in [0.25, 0.3) is 5.91 Å². The van der Waals surface area contributed by atoms with Gasteiger partial charge in [-0.25, -0.2) is 0 Å². The van der Waals surface area contributed by atoms with E-state index >= 15 is 9.59 Å². The fourth-order valence-corrected chi connectivity index (χ4v) is 8.49. The smallest absolute Gasteiger partial charge is 0.313 e. The van der Waals surface area contributed by atoms with Crippen LogP contribution in [0.15, 0.2) is 110 Å². The Bertz CT molecular complexity index is 1840. The zero-order valence-corrected chi connectivity index (χ0v) is 31.1. The number of anilines is 1. The van der Waals surface area contributed by atoms with Crippen molar-refractivity contribution in [2.24, 2.45) is 11.8 Å². The molecule has 3 fully saturated rings. The van der Waals surface area contributed by atoms with Gasteiger partial charge in [0.05, 0.1) is 43.7 Å². The molecule has 3 aliphatic heterocycles. The number of fused-ring (bicyclic) bond motifs is 1. The number of rotatable bonds is 16. The first-order valence-electron chi connectivity index (χ1n) is 18.5. The lowest BCUT2D eigenvalue weighted by Crippen LogP contribution is -2.57. The highest BCUT2D eigenvalue weighted by Crippen LogP contribution is 2.60. The van der Waals surface area contributed by atoms with E-state index in [0.29, 0.717) is 41.8 Å². The predicted molar refractivity (Wildman–Crippen MR) is 203 cm³/mol. The Hall–Kier alpha value is -5.26.